The Hall–Kier alpha value is -2.17. The lowest BCUT2D eigenvalue weighted by Crippen LogP contribution is -2.53. The lowest BCUT2D eigenvalue weighted by Gasteiger charge is -2.42. The number of rotatable bonds is 10. The smallest absolute Gasteiger partial charge is 0.254 e. The molecule has 0 radical (unpaired) electrons. The first-order valence-electron chi connectivity index (χ1n) is 14.3. The quantitative estimate of drug-likeness (QED) is 0.482. The minimum absolute atomic E-state index is 0.0643. The molecular weight excluding hydrogens is 504 g/mol. The summed E-state index contributed by atoms with van der Waals surface area (Å²) in [5.74, 6) is -0.140. The van der Waals surface area contributed by atoms with Gasteiger partial charge in [0.25, 0.3) is 5.91 Å². The predicted molar refractivity (Wildman–Crippen MR) is 149 cm³/mol. The van der Waals surface area contributed by atoms with Crippen molar-refractivity contribution < 1.29 is 22.7 Å². The monoisotopic (exact) mass is 548 g/mol. The number of amides is 2. The van der Waals surface area contributed by atoms with Gasteiger partial charge in [0.15, 0.2) is 0 Å². The minimum atomic E-state index is -3.41. The maximum Gasteiger partial charge on any atom is 0.254 e. The number of benzene rings is 1. The van der Waals surface area contributed by atoms with Crippen LogP contribution < -0.4 is 4.72 Å². The van der Waals surface area contributed by atoms with Crippen LogP contribution in [-0.4, -0.2) is 99.2 Å². The summed E-state index contributed by atoms with van der Waals surface area (Å²) in [6.45, 7) is 4.20. The van der Waals surface area contributed by atoms with Crippen LogP contribution in [0, 0.1) is 0 Å². The fourth-order valence-electron chi connectivity index (χ4n) is 6.09. The molecular formula is C28H44N4O5S. The van der Waals surface area contributed by atoms with E-state index in [0.717, 1.165) is 70.7 Å². The Balaban J connectivity index is 1.51. The second-order valence-electron chi connectivity index (χ2n) is 11.0. The lowest BCUT2D eigenvalue weighted by atomic mass is 9.88. The molecule has 0 spiro atoms. The Morgan fingerprint density at radius 2 is 1.47 bits per heavy atom. The van der Waals surface area contributed by atoms with Crippen LogP contribution in [-0.2, 0) is 19.6 Å². The molecule has 1 aliphatic heterocycles. The second kappa shape index (κ2) is 13.8. The molecule has 212 valence electrons. The number of hydrogen-bond donors (Lipinski definition) is 1. The number of hydrogen-bond acceptors (Lipinski definition) is 6. The number of sulfonamides is 1. The van der Waals surface area contributed by atoms with Gasteiger partial charge in [-0.15, -0.1) is 0 Å². The molecule has 38 heavy (non-hydrogen) atoms. The Kier molecular flexibility index (Phi) is 10.4. The van der Waals surface area contributed by atoms with Crippen LogP contribution in [0.1, 0.15) is 74.6 Å². The highest BCUT2D eigenvalue weighted by Crippen LogP contribution is 2.30. The van der Waals surface area contributed by atoms with Gasteiger partial charge in [-0.25, -0.2) is 8.42 Å². The van der Waals surface area contributed by atoms with Crippen molar-refractivity contribution in [2.75, 3.05) is 56.9 Å². The van der Waals surface area contributed by atoms with Gasteiger partial charge in [-0.3, -0.25) is 19.2 Å². The molecule has 3 aliphatic rings. The number of nitrogens with one attached hydrogen (secondary N) is 1. The third-order valence-corrected chi connectivity index (χ3v) is 8.67. The van der Waals surface area contributed by atoms with Crippen LogP contribution in [0.25, 0.3) is 0 Å². The van der Waals surface area contributed by atoms with Crippen molar-refractivity contribution in [2.24, 2.45) is 0 Å². The third kappa shape index (κ3) is 8.41. The van der Waals surface area contributed by atoms with E-state index >= 15 is 0 Å². The first-order valence-corrected chi connectivity index (χ1v) is 16.2. The highest BCUT2D eigenvalue weighted by molar-refractivity contribution is 7.92. The zero-order valence-corrected chi connectivity index (χ0v) is 23.6. The summed E-state index contributed by atoms with van der Waals surface area (Å²) in [5.41, 5.74) is 0.849. The first kappa shape index (κ1) is 28.8. The Morgan fingerprint density at radius 1 is 0.921 bits per heavy atom. The van der Waals surface area contributed by atoms with E-state index in [1.165, 1.54) is 12.8 Å². The number of anilines is 1. The number of morpholine rings is 1. The second-order valence-corrected chi connectivity index (χ2v) is 12.8. The van der Waals surface area contributed by atoms with Crippen molar-refractivity contribution >= 4 is 27.5 Å². The van der Waals surface area contributed by atoms with Gasteiger partial charge < -0.3 is 14.5 Å². The summed E-state index contributed by atoms with van der Waals surface area (Å²) < 4.78 is 31.0. The summed E-state index contributed by atoms with van der Waals surface area (Å²) in [4.78, 5) is 33.8. The van der Waals surface area contributed by atoms with E-state index in [2.05, 4.69) is 14.5 Å². The SMILES string of the molecule is CS(=O)(=O)Nc1ccc(C(=O)N(CCN2CCOCC2)CC(=O)N(C2CCCCC2)C2CCCCC2)cc1. The van der Waals surface area contributed by atoms with Gasteiger partial charge in [0.2, 0.25) is 15.9 Å². The van der Waals surface area contributed by atoms with Crippen molar-refractivity contribution in [3.63, 3.8) is 0 Å². The molecule has 0 aromatic heterocycles. The molecule has 0 bridgehead atoms. The molecule has 0 atom stereocenters. The van der Waals surface area contributed by atoms with Crippen LogP contribution >= 0.6 is 0 Å². The standard InChI is InChI=1S/C28H44N4O5S/c1-38(35,36)29-24-14-12-23(13-15-24)28(34)31(17-16-30-18-20-37-21-19-30)22-27(33)32(25-8-4-2-5-9-25)26-10-6-3-7-11-26/h12-15,25-26,29H,2-11,16-22H2,1H3. The van der Waals surface area contributed by atoms with Crippen molar-refractivity contribution in [1.29, 1.82) is 0 Å². The average Bonchev–Trinajstić information content (AvgIpc) is 2.92. The fourth-order valence-corrected chi connectivity index (χ4v) is 6.65. The normalized spacial score (nSPS) is 20.1. The lowest BCUT2D eigenvalue weighted by molar-refractivity contribution is -0.138. The summed E-state index contributed by atoms with van der Waals surface area (Å²) in [7, 11) is -3.41. The van der Waals surface area contributed by atoms with Gasteiger partial charge in [-0.2, -0.15) is 0 Å². The van der Waals surface area contributed by atoms with Crippen molar-refractivity contribution in [3.8, 4) is 0 Å². The van der Waals surface area contributed by atoms with Crippen LogP contribution in [0.3, 0.4) is 0 Å². The molecule has 3 fully saturated rings. The zero-order valence-electron chi connectivity index (χ0n) is 22.8. The van der Waals surface area contributed by atoms with Crippen molar-refractivity contribution in [1.82, 2.24) is 14.7 Å². The molecule has 1 saturated heterocycles. The van der Waals surface area contributed by atoms with Gasteiger partial charge in [0.05, 0.1) is 19.5 Å². The number of nitrogens with zero attached hydrogens (tertiary/aromatic N) is 3. The summed E-state index contributed by atoms with van der Waals surface area (Å²) in [5, 5.41) is 0. The highest BCUT2D eigenvalue weighted by atomic mass is 32.2. The maximum atomic E-state index is 14.0. The van der Waals surface area contributed by atoms with Crippen LogP contribution in [0.4, 0.5) is 5.69 Å². The topological polar surface area (TPSA) is 99.3 Å². The molecule has 2 amide bonds. The molecule has 2 saturated carbocycles. The zero-order chi connectivity index (χ0) is 27.0. The number of carbonyl (C=O) groups excluding carboxylic acids is 2. The molecule has 1 heterocycles. The van der Waals surface area contributed by atoms with Gasteiger partial charge in [-0.05, 0) is 49.9 Å². The summed E-state index contributed by atoms with van der Waals surface area (Å²) in [6.07, 6.45) is 12.4. The Labute approximate surface area is 227 Å². The van der Waals surface area contributed by atoms with E-state index in [9.17, 15) is 18.0 Å². The average molecular weight is 549 g/mol. The molecule has 10 heteroatoms. The van der Waals surface area contributed by atoms with Crippen LogP contribution in [0.5, 0.6) is 0 Å². The van der Waals surface area contributed by atoms with Crippen molar-refractivity contribution in [2.45, 2.75) is 76.3 Å². The highest BCUT2D eigenvalue weighted by Gasteiger charge is 2.34. The Bertz CT molecular complexity index is 996. The predicted octanol–water partition coefficient (Wildman–Crippen LogP) is 3.33. The van der Waals surface area contributed by atoms with E-state index in [1.807, 2.05) is 0 Å². The van der Waals surface area contributed by atoms with E-state index in [1.54, 1.807) is 29.2 Å². The Morgan fingerprint density at radius 3 is 2.00 bits per heavy atom. The van der Waals surface area contributed by atoms with Crippen molar-refractivity contribution in [3.05, 3.63) is 29.8 Å². The number of ether oxygens (including phenoxy) is 1. The third-order valence-electron chi connectivity index (χ3n) is 8.06. The van der Waals surface area contributed by atoms with Crippen LogP contribution in [0.15, 0.2) is 24.3 Å². The molecule has 1 N–H and O–H groups in total. The van der Waals surface area contributed by atoms with Gasteiger partial charge in [0.1, 0.15) is 6.54 Å². The van der Waals surface area contributed by atoms with E-state index < -0.39 is 10.0 Å². The molecule has 1 aromatic carbocycles. The first-order chi connectivity index (χ1) is 18.3. The van der Waals surface area contributed by atoms with Gasteiger partial charge >= 0.3 is 0 Å². The summed E-state index contributed by atoms with van der Waals surface area (Å²) >= 11 is 0. The van der Waals surface area contributed by atoms with Gasteiger partial charge in [0, 0.05) is 49.5 Å². The molecule has 0 unspecified atom stereocenters. The molecule has 9 nitrogen and oxygen atoms in total. The van der Waals surface area contributed by atoms with Gasteiger partial charge in [-0.1, -0.05) is 38.5 Å². The van der Waals surface area contributed by atoms with Crippen LogP contribution in [0.2, 0.25) is 0 Å². The molecule has 4 rings (SSSR count). The van der Waals surface area contributed by atoms with E-state index in [0.29, 0.717) is 37.6 Å². The van der Waals surface area contributed by atoms with E-state index in [-0.39, 0.29) is 30.4 Å². The fraction of sp³-hybridized carbons (Fsp3) is 0.714. The number of carbonyl (C=O) groups is 2. The molecule has 2 aliphatic carbocycles. The largest absolute Gasteiger partial charge is 0.379 e. The summed E-state index contributed by atoms with van der Waals surface area (Å²) in [6, 6.07) is 6.98. The minimum Gasteiger partial charge on any atom is -0.379 e. The maximum absolute atomic E-state index is 14.0. The molecule has 1 aromatic rings. The van der Waals surface area contributed by atoms with E-state index in [4.69, 9.17) is 4.74 Å².